The number of carboxylic acid groups (broad SMARTS) is 1. The highest BCUT2D eigenvalue weighted by molar-refractivity contribution is 5.96. The Hall–Kier alpha value is -1.91. The van der Waals surface area contributed by atoms with Crippen molar-refractivity contribution in [2.45, 2.75) is 39.0 Å². The molecule has 0 aromatic heterocycles. The Morgan fingerprint density at radius 1 is 1.25 bits per heavy atom. The van der Waals surface area contributed by atoms with Crippen molar-refractivity contribution in [2.75, 3.05) is 5.32 Å². The summed E-state index contributed by atoms with van der Waals surface area (Å²) in [6.07, 6.45) is 4.83. The van der Waals surface area contributed by atoms with E-state index in [2.05, 4.69) is 5.32 Å². The van der Waals surface area contributed by atoms with Crippen LogP contribution in [0.5, 0.6) is 0 Å². The fourth-order valence-electron chi connectivity index (χ4n) is 2.61. The lowest BCUT2D eigenvalue weighted by Gasteiger charge is -2.32. The van der Waals surface area contributed by atoms with Crippen LogP contribution in [0.1, 0.15) is 49.4 Å². The summed E-state index contributed by atoms with van der Waals surface area (Å²) in [6.45, 7) is 1.92. The average molecular weight is 279 g/mol. The molecule has 1 saturated carbocycles. The summed E-state index contributed by atoms with van der Waals surface area (Å²) >= 11 is 0. The average Bonchev–Trinajstić information content (AvgIpc) is 2.41. The lowest BCUT2D eigenvalue weighted by molar-refractivity contribution is -0.126. The predicted octanol–water partition coefficient (Wildman–Crippen LogP) is 3.43. The third-order valence-corrected chi connectivity index (χ3v) is 3.96. The zero-order valence-corrected chi connectivity index (χ0v) is 11.4. The second kappa shape index (κ2) is 5.61. The Morgan fingerprint density at radius 2 is 1.90 bits per heavy atom. The molecule has 0 unspecified atom stereocenters. The Labute approximate surface area is 117 Å². The zero-order valence-electron chi connectivity index (χ0n) is 11.4. The van der Waals surface area contributed by atoms with Gasteiger partial charge in [-0.05, 0) is 31.0 Å². The number of amides is 1. The van der Waals surface area contributed by atoms with E-state index in [-0.39, 0.29) is 5.91 Å². The van der Waals surface area contributed by atoms with Gasteiger partial charge in [0.05, 0.1) is 5.56 Å². The number of halogens is 1. The number of carbonyl (C=O) groups excluding carboxylic acids is 1. The van der Waals surface area contributed by atoms with Crippen LogP contribution >= 0.6 is 0 Å². The van der Waals surface area contributed by atoms with Crippen LogP contribution in [0.2, 0.25) is 0 Å². The van der Waals surface area contributed by atoms with Crippen molar-refractivity contribution in [1.29, 1.82) is 0 Å². The van der Waals surface area contributed by atoms with E-state index in [1.807, 2.05) is 6.92 Å². The summed E-state index contributed by atoms with van der Waals surface area (Å²) in [5, 5.41) is 11.6. The fraction of sp³-hybridized carbons (Fsp3) is 0.467. The van der Waals surface area contributed by atoms with E-state index in [1.54, 1.807) is 0 Å². The van der Waals surface area contributed by atoms with Crippen LogP contribution in [0.25, 0.3) is 0 Å². The van der Waals surface area contributed by atoms with Gasteiger partial charge < -0.3 is 10.4 Å². The van der Waals surface area contributed by atoms with Gasteiger partial charge in [-0.25, -0.2) is 9.18 Å². The van der Waals surface area contributed by atoms with Gasteiger partial charge in [0.1, 0.15) is 5.82 Å². The summed E-state index contributed by atoms with van der Waals surface area (Å²) in [5.41, 5.74) is -0.534. The molecule has 0 spiro atoms. The maximum absolute atomic E-state index is 13.3. The highest BCUT2D eigenvalue weighted by Crippen LogP contribution is 2.36. The van der Waals surface area contributed by atoms with Crippen molar-refractivity contribution in [3.8, 4) is 0 Å². The standard InChI is InChI=1S/C15H18FNO3/c1-15(7-3-2-4-8-15)14(20)17-10-5-6-12(16)11(9-10)13(18)19/h5-6,9H,2-4,7-8H2,1H3,(H,17,20)(H,18,19). The summed E-state index contributed by atoms with van der Waals surface area (Å²) < 4.78 is 13.3. The van der Waals surface area contributed by atoms with Crippen LogP contribution in [-0.2, 0) is 4.79 Å². The van der Waals surface area contributed by atoms with Crippen molar-refractivity contribution < 1.29 is 19.1 Å². The zero-order chi connectivity index (χ0) is 14.8. The third kappa shape index (κ3) is 2.98. The van der Waals surface area contributed by atoms with E-state index in [0.29, 0.717) is 5.69 Å². The predicted molar refractivity (Wildman–Crippen MR) is 73.2 cm³/mol. The molecule has 1 amide bonds. The van der Waals surface area contributed by atoms with Gasteiger partial charge in [-0.15, -0.1) is 0 Å². The number of nitrogens with one attached hydrogen (secondary N) is 1. The van der Waals surface area contributed by atoms with E-state index < -0.39 is 22.8 Å². The van der Waals surface area contributed by atoms with Gasteiger partial charge >= 0.3 is 5.97 Å². The van der Waals surface area contributed by atoms with Gasteiger partial charge in [-0.1, -0.05) is 26.2 Å². The van der Waals surface area contributed by atoms with Crippen LogP contribution in [0, 0.1) is 11.2 Å². The molecule has 1 fully saturated rings. The second-order valence-corrected chi connectivity index (χ2v) is 5.58. The summed E-state index contributed by atoms with van der Waals surface area (Å²) in [4.78, 5) is 23.2. The van der Waals surface area contributed by atoms with Crippen LogP contribution in [-0.4, -0.2) is 17.0 Å². The van der Waals surface area contributed by atoms with E-state index in [4.69, 9.17) is 5.11 Å². The molecule has 0 saturated heterocycles. The van der Waals surface area contributed by atoms with Gasteiger partial charge in [0.25, 0.3) is 0 Å². The Kier molecular flexibility index (Phi) is 4.06. The number of hydrogen-bond donors (Lipinski definition) is 2. The van der Waals surface area contributed by atoms with Gasteiger partial charge in [0.15, 0.2) is 0 Å². The molecular formula is C15H18FNO3. The molecule has 2 N–H and O–H groups in total. The molecule has 1 aliphatic carbocycles. The summed E-state index contributed by atoms with van der Waals surface area (Å²) in [6, 6.07) is 3.59. The quantitative estimate of drug-likeness (QED) is 0.890. The SMILES string of the molecule is CC1(C(=O)Nc2ccc(F)c(C(=O)O)c2)CCCCC1. The molecule has 1 aromatic rings. The topological polar surface area (TPSA) is 66.4 Å². The minimum Gasteiger partial charge on any atom is -0.478 e. The number of benzene rings is 1. The van der Waals surface area contributed by atoms with Crippen molar-refractivity contribution in [3.63, 3.8) is 0 Å². The normalized spacial score (nSPS) is 17.5. The Morgan fingerprint density at radius 3 is 2.50 bits per heavy atom. The number of rotatable bonds is 3. The first-order valence-corrected chi connectivity index (χ1v) is 6.77. The molecule has 0 heterocycles. The van der Waals surface area contributed by atoms with Crippen LogP contribution in [0.3, 0.4) is 0 Å². The number of anilines is 1. The third-order valence-electron chi connectivity index (χ3n) is 3.96. The van der Waals surface area contributed by atoms with Crippen LogP contribution < -0.4 is 5.32 Å². The Bertz CT molecular complexity index is 536. The van der Waals surface area contributed by atoms with Crippen molar-refractivity contribution in [2.24, 2.45) is 5.41 Å². The van der Waals surface area contributed by atoms with E-state index in [0.717, 1.165) is 44.2 Å². The highest BCUT2D eigenvalue weighted by atomic mass is 19.1. The summed E-state index contributed by atoms with van der Waals surface area (Å²) in [7, 11) is 0. The number of aromatic carboxylic acids is 1. The lowest BCUT2D eigenvalue weighted by atomic mass is 9.75. The first-order chi connectivity index (χ1) is 9.42. The van der Waals surface area contributed by atoms with Gasteiger partial charge in [0, 0.05) is 11.1 Å². The summed E-state index contributed by atoms with van der Waals surface area (Å²) in [5.74, 6) is -2.28. The smallest absolute Gasteiger partial charge is 0.338 e. The van der Waals surface area contributed by atoms with Crippen molar-refractivity contribution in [3.05, 3.63) is 29.6 Å². The van der Waals surface area contributed by atoms with Gasteiger partial charge in [-0.3, -0.25) is 4.79 Å². The Balaban J connectivity index is 2.15. The lowest BCUT2D eigenvalue weighted by Crippen LogP contribution is -2.35. The number of carboxylic acids is 1. The second-order valence-electron chi connectivity index (χ2n) is 5.58. The molecule has 5 heteroatoms. The minimum absolute atomic E-state index is 0.125. The molecule has 0 aliphatic heterocycles. The van der Waals surface area contributed by atoms with E-state index >= 15 is 0 Å². The molecule has 0 atom stereocenters. The van der Waals surface area contributed by atoms with Crippen molar-refractivity contribution >= 4 is 17.6 Å². The molecule has 108 valence electrons. The van der Waals surface area contributed by atoms with Gasteiger partial charge in [-0.2, -0.15) is 0 Å². The molecule has 0 bridgehead atoms. The molecule has 2 rings (SSSR count). The molecule has 1 aromatic carbocycles. The molecular weight excluding hydrogens is 261 g/mol. The largest absolute Gasteiger partial charge is 0.478 e. The first-order valence-electron chi connectivity index (χ1n) is 6.77. The van der Waals surface area contributed by atoms with E-state index in [1.165, 1.54) is 6.07 Å². The minimum atomic E-state index is -1.34. The molecule has 1 aliphatic rings. The van der Waals surface area contributed by atoms with Crippen LogP contribution in [0.15, 0.2) is 18.2 Å². The molecule has 0 radical (unpaired) electrons. The number of hydrogen-bond acceptors (Lipinski definition) is 2. The molecule has 4 nitrogen and oxygen atoms in total. The van der Waals surface area contributed by atoms with E-state index in [9.17, 15) is 14.0 Å². The maximum atomic E-state index is 13.3. The van der Waals surface area contributed by atoms with Gasteiger partial charge in [0.2, 0.25) is 5.91 Å². The maximum Gasteiger partial charge on any atom is 0.338 e. The number of carbonyl (C=O) groups is 2. The molecule has 20 heavy (non-hydrogen) atoms. The van der Waals surface area contributed by atoms with Crippen LogP contribution in [0.4, 0.5) is 10.1 Å². The van der Waals surface area contributed by atoms with Crippen molar-refractivity contribution in [1.82, 2.24) is 0 Å². The fourth-order valence-corrected chi connectivity index (χ4v) is 2.61. The first kappa shape index (κ1) is 14.5. The monoisotopic (exact) mass is 279 g/mol. The highest BCUT2D eigenvalue weighted by Gasteiger charge is 2.34.